The minimum atomic E-state index is -0.616. The van der Waals surface area contributed by atoms with E-state index in [0.29, 0.717) is 11.1 Å². The lowest BCUT2D eigenvalue weighted by Crippen LogP contribution is -2.06. The van der Waals surface area contributed by atoms with Gasteiger partial charge in [0.25, 0.3) is 0 Å². The molecule has 3 nitrogen and oxygen atoms in total. The van der Waals surface area contributed by atoms with Gasteiger partial charge >= 0.3 is 0 Å². The SMILES string of the molecule is N#Cc1cc(-c2ccc(F)cc2F)c2c(n1)C1CCC2N1. The molecule has 2 atom stereocenters. The second-order valence-corrected chi connectivity index (χ2v) is 5.44. The first-order valence-electron chi connectivity index (χ1n) is 6.84. The van der Waals surface area contributed by atoms with Gasteiger partial charge in [-0.1, -0.05) is 0 Å². The number of nitriles is 1. The standard InChI is InChI=1S/C16H11F2N3/c17-8-1-2-10(12(18)5-8)11-6-9(7-19)20-16-14-4-3-13(21-14)15(11)16/h1-2,5-6,13-14,21H,3-4H2. The number of hydrogen-bond donors (Lipinski definition) is 1. The van der Waals surface area contributed by atoms with Crippen molar-refractivity contribution in [1.82, 2.24) is 10.3 Å². The second kappa shape index (κ2) is 4.34. The molecule has 21 heavy (non-hydrogen) atoms. The monoisotopic (exact) mass is 283 g/mol. The molecule has 3 heterocycles. The molecule has 2 aliphatic heterocycles. The molecule has 0 spiro atoms. The van der Waals surface area contributed by atoms with E-state index in [4.69, 9.17) is 5.26 Å². The Bertz CT molecular complexity index is 795. The largest absolute Gasteiger partial charge is 0.302 e. The summed E-state index contributed by atoms with van der Waals surface area (Å²) in [6.45, 7) is 0. The predicted octanol–water partition coefficient (Wildman–Crippen LogP) is 3.38. The topological polar surface area (TPSA) is 48.7 Å². The van der Waals surface area contributed by atoms with Crippen LogP contribution in [0.5, 0.6) is 0 Å². The third-order valence-corrected chi connectivity index (χ3v) is 4.25. The van der Waals surface area contributed by atoms with Crippen molar-refractivity contribution in [2.45, 2.75) is 24.9 Å². The Kier molecular flexibility index (Phi) is 2.57. The van der Waals surface area contributed by atoms with E-state index in [1.165, 1.54) is 12.1 Å². The second-order valence-electron chi connectivity index (χ2n) is 5.44. The Morgan fingerprint density at radius 1 is 1.14 bits per heavy atom. The van der Waals surface area contributed by atoms with Crippen LogP contribution in [0, 0.1) is 23.0 Å². The molecule has 1 fully saturated rings. The average molecular weight is 283 g/mol. The summed E-state index contributed by atoms with van der Waals surface area (Å²) in [5.41, 5.74) is 3.02. The van der Waals surface area contributed by atoms with Gasteiger partial charge < -0.3 is 5.32 Å². The van der Waals surface area contributed by atoms with E-state index >= 15 is 0 Å². The lowest BCUT2D eigenvalue weighted by molar-refractivity contribution is 0.585. The minimum Gasteiger partial charge on any atom is -0.302 e. The molecule has 5 heteroatoms. The predicted molar refractivity (Wildman–Crippen MR) is 72.2 cm³/mol. The van der Waals surface area contributed by atoms with Gasteiger partial charge in [0.2, 0.25) is 0 Å². The van der Waals surface area contributed by atoms with Crippen LogP contribution in [0.25, 0.3) is 11.1 Å². The average Bonchev–Trinajstić information content (AvgIpc) is 3.08. The zero-order chi connectivity index (χ0) is 14.6. The van der Waals surface area contributed by atoms with Gasteiger partial charge in [0.1, 0.15) is 23.4 Å². The maximum absolute atomic E-state index is 14.1. The van der Waals surface area contributed by atoms with Crippen LogP contribution in [-0.2, 0) is 0 Å². The molecule has 0 radical (unpaired) electrons. The van der Waals surface area contributed by atoms with Gasteiger partial charge in [-0.2, -0.15) is 5.26 Å². The molecule has 0 saturated carbocycles. The fourth-order valence-electron chi connectivity index (χ4n) is 3.38. The number of hydrogen-bond acceptors (Lipinski definition) is 3. The molecular formula is C16H11F2N3. The van der Waals surface area contributed by atoms with Gasteiger partial charge in [-0.3, -0.25) is 0 Å². The first kappa shape index (κ1) is 12.4. The van der Waals surface area contributed by atoms with Gasteiger partial charge in [0.15, 0.2) is 0 Å². The first-order valence-corrected chi connectivity index (χ1v) is 6.84. The van der Waals surface area contributed by atoms with Crippen LogP contribution >= 0.6 is 0 Å². The Morgan fingerprint density at radius 2 is 1.95 bits per heavy atom. The van der Waals surface area contributed by atoms with E-state index in [2.05, 4.69) is 10.3 Å². The Morgan fingerprint density at radius 3 is 2.71 bits per heavy atom. The normalized spacial score (nSPS) is 22.1. The highest BCUT2D eigenvalue weighted by atomic mass is 19.1. The van der Waals surface area contributed by atoms with Crippen molar-refractivity contribution in [2.24, 2.45) is 0 Å². The third-order valence-electron chi connectivity index (χ3n) is 4.25. The van der Waals surface area contributed by atoms with Gasteiger partial charge in [-0.15, -0.1) is 0 Å². The maximum Gasteiger partial charge on any atom is 0.141 e. The number of rotatable bonds is 1. The summed E-state index contributed by atoms with van der Waals surface area (Å²) in [4.78, 5) is 4.37. The van der Waals surface area contributed by atoms with Gasteiger partial charge in [-0.05, 0) is 36.6 Å². The molecule has 4 rings (SSSR count). The van der Waals surface area contributed by atoms with Crippen LogP contribution in [0.4, 0.5) is 8.78 Å². The van der Waals surface area contributed by atoms with E-state index in [1.54, 1.807) is 6.07 Å². The summed E-state index contributed by atoms with van der Waals surface area (Å²) in [6, 6.07) is 7.43. The highest BCUT2D eigenvalue weighted by molar-refractivity contribution is 5.72. The zero-order valence-electron chi connectivity index (χ0n) is 11.0. The number of halogens is 2. The molecule has 2 bridgehead atoms. The van der Waals surface area contributed by atoms with Crippen LogP contribution in [-0.4, -0.2) is 4.98 Å². The van der Waals surface area contributed by atoms with Crippen molar-refractivity contribution in [1.29, 1.82) is 5.26 Å². The van der Waals surface area contributed by atoms with Gasteiger partial charge in [-0.25, -0.2) is 13.8 Å². The third kappa shape index (κ3) is 1.76. The van der Waals surface area contributed by atoms with Crippen LogP contribution in [0.1, 0.15) is 41.9 Å². The number of nitrogens with zero attached hydrogens (tertiary/aromatic N) is 2. The summed E-state index contributed by atoms with van der Waals surface area (Å²) in [5.74, 6) is -1.22. The maximum atomic E-state index is 14.1. The van der Waals surface area contributed by atoms with E-state index < -0.39 is 11.6 Å². The molecule has 1 aromatic carbocycles. The Hall–Kier alpha value is -2.32. The van der Waals surface area contributed by atoms with Crippen molar-refractivity contribution in [3.05, 3.63) is 52.9 Å². The molecule has 2 aromatic rings. The first-order chi connectivity index (χ1) is 10.2. The molecule has 1 saturated heterocycles. The summed E-state index contributed by atoms with van der Waals surface area (Å²) in [6.07, 6.45) is 1.95. The Labute approximate surface area is 120 Å². The van der Waals surface area contributed by atoms with Crippen LogP contribution in [0.15, 0.2) is 24.3 Å². The molecule has 2 unspecified atom stereocenters. The van der Waals surface area contributed by atoms with E-state index in [-0.39, 0.29) is 17.8 Å². The van der Waals surface area contributed by atoms with Crippen LogP contribution in [0.2, 0.25) is 0 Å². The van der Waals surface area contributed by atoms with E-state index in [0.717, 1.165) is 30.2 Å². The number of fused-ring (bicyclic) bond motifs is 5. The highest BCUT2D eigenvalue weighted by Gasteiger charge is 2.40. The molecular weight excluding hydrogens is 272 g/mol. The van der Waals surface area contributed by atoms with Crippen molar-refractivity contribution in [3.63, 3.8) is 0 Å². The van der Waals surface area contributed by atoms with Crippen LogP contribution < -0.4 is 5.32 Å². The summed E-state index contributed by atoms with van der Waals surface area (Å²) >= 11 is 0. The van der Waals surface area contributed by atoms with Gasteiger partial charge in [0.05, 0.1) is 11.7 Å². The van der Waals surface area contributed by atoms with Crippen molar-refractivity contribution in [3.8, 4) is 17.2 Å². The van der Waals surface area contributed by atoms with Crippen molar-refractivity contribution >= 4 is 0 Å². The van der Waals surface area contributed by atoms with Crippen LogP contribution in [0.3, 0.4) is 0 Å². The lowest BCUT2D eigenvalue weighted by Gasteiger charge is -2.17. The number of pyridine rings is 1. The number of aromatic nitrogens is 1. The summed E-state index contributed by atoms with van der Waals surface area (Å²) in [5, 5.41) is 12.6. The summed E-state index contributed by atoms with van der Waals surface area (Å²) in [7, 11) is 0. The lowest BCUT2D eigenvalue weighted by atomic mass is 9.88. The van der Waals surface area contributed by atoms with Gasteiger partial charge in [0, 0.05) is 23.2 Å². The fourth-order valence-corrected chi connectivity index (χ4v) is 3.38. The van der Waals surface area contributed by atoms with Crippen molar-refractivity contribution in [2.75, 3.05) is 0 Å². The molecule has 104 valence electrons. The highest BCUT2D eigenvalue weighted by Crippen LogP contribution is 2.48. The number of benzene rings is 1. The summed E-state index contributed by atoms with van der Waals surface area (Å²) < 4.78 is 27.2. The minimum absolute atomic E-state index is 0.139. The van der Waals surface area contributed by atoms with E-state index in [1.807, 2.05) is 6.07 Å². The molecule has 1 N–H and O–H groups in total. The fraction of sp³-hybridized carbons (Fsp3) is 0.250. The van der Waals surface area contributed by atoms with Crippen molar-refractivity contribution < 1.29 is 8.78 Å². The molecule has 1 aromatic heterocycles. The molecule has 0 amide bonds. The smallest absolute Gasteiger partial charge is 0.141 e. The van der Waals surface area contributed by atoms with E-state index in [9.17, 15) is 8.78 Å². The number of nitrogens with one attached hydrogen (secondary N) is 1. The Balaban J connectivity index is 1.99. The quantitative estimate of drug-likeness (QED) is 0.872. The molecule has 2 aliphatic rings. The zero-order valence-corrected chi connectivity index (χ0v) is 11.0. The molecule has 0 aliphatic carbocycles.